The van der Waals surface area contributed by atoms with E-state index in [9.17, 15) is 4.79 Å². The Kier molecular flexibility index (Phi) is 2.25. The van der Waals surface area contributed by atoms with Gasteiger partial charge in [0.25, 0.3) is 0 Å². The van der Waals surface area contributed by atoms with Crippen LogP contribution in [0.1, 0.15) is 22.8 Å². The molecule has 3 nitrogen and oxygen atoms in total. The highest BCUT2D eigenvalue weighted by Gasteiger charge is 2.31. The third kappa shape index (κ3) is 1.64. The highest BCUT2D eigenvalue weighted by molar-refractivity contribution is 6.03. The van der Waals surface area contributed by atoms with Gasteiger partial charge >= 0.3 is 0 Å². The van der Waals surface area contributed by atoms with Gasteiger partial charge in [-0.15, -0.1) is 0 Å². The van der Waals surface area contributed by atoms with E-state index in [0.717, 1.165) is 22.6 Å². The molecule has 0 unspecified atom stereocenters. The van der Waals surface area contributed by atoms with Crippen molar-refractivity contribution in [3.63, 3.8) is 0 Å². The number of nitrogens with one attached hydrogen (secondary N) is 1. The Labute approximate surface area is 99.4 Å². The zero-order valence-corrected chi connectivity index (χ0v) is 9.57. The number of amides is 1. The molecule has 2 heterocycles. The second-order valence-electron chi connectivity index (χ2n) is 4.36. The molecule has 1 aromatic heterocycles. The van der Waals surface area contributed by atoms with Gasteiger partial charge in [0.15, 0.2) is 0 Å². The Bertz CT molecular complexity index is 558. The maximum absolute atomic E-state index is 12.0. The Morgan fingerprint density at radius 2 is 2.18 bits per heavy atom. The van der Waals surface area contributed by atoms with Crippen LogP contribution in [0.3, 0.4) is 0 Å². The van der Waals surface area contributed by atoms with Crippen LogP contribution in [0.5, 0.6) is 0 Å². The first kappa shape index (κ1) is 10.1. The number of benzene rings is 1. The molecule has 0 aliphatic carbocycles. The molecular weight excluding hydrogens is 214 g/mol. The summed E-state index contributed by atoms with van der Waals surface area (Å²) in [7, 11) is 0. The smallest absolute Gasteiger partial charge is 0.232 e. The molecule has 0 spiro atoms. The topological polar surface area (TPSA) is 42.2 Å². The molecule has 86 valence electrons. The van der Waals surface area contributed by atoms with Crippen LogP contribution in [-0.4, -0.2) is 5.91 Å². The van der Waals surface area contributed by atoms with Crippen LogP contribution in [0.25, 0.3) is 0 Å². The summed E-state index contributed by atoms with van der Waals surface area (Å²) in [5, 5.41) is 2.95. The molecule has 0 saturated heterocycles. The molecule has 1 aliphatic heterocycles. The molecule has 0 saturated carbocycles. The molecule has 1 atom stereocenters. The Morgan fingerprint density at radius 1 is 1.29 bits per heavy atom. The minimum Gasteiger partial charge on any atom is -0.469 e. The second kappa shape index (κ2) is 3.77. The lowest BCUT2D eigenvalue weighted by molar-refractivity contribution is -0.117. The molecule has 1 amide bonds. The standard InChI is InChI=1S/C14H13NO2/c1-9-4-2-6-11-12(14(16)15-13(9)11)8-10-5-3-7-17-10/h2-7,12H,8H2,1H3,(H,15,16)/t12-/m1/s1. The van der Waals surface area contributed by atoms with E-state index in [4.69, 9.17) is 4.42 Å². The van der Waals surface area contributed by atoms with Crippen LogP contribution in [-0.2, 0) is 11.2 Å². The molecule has 3 heteroatoms. The van der Waals surface area contributed by atoms with Gasteiger partial charge in [-0.3, -0.25) is 4.79 Å². The van der Waals surface area contributed by atoms with Crippen molar-refractivity contribution in [2.24, 2.45) is 0 Å². The lowest BCUT2D eigenvalue weighted by Gasteiger charge is -2.06. The number of aryl methyl sites for hydroxylation is 1. The number of fused-ring (bicyclic) bond motifs is 1. The van der Waals surface area contributed by atoms with Crippen LogP contribution in [0.2, 0.25) is 0 Å². The minimum absolute atomic E-state index is 0.0608. The van der Waals surface area contributed by atoms with Crippen molar-refractivity contribution in [1.29, 1.82) is 0 Å². The van der Waals surface area contributed by atoms with Gasteiger partial charge in [0, 0.05) is 12.1 Å². The van der Waals surface area contributed by atoms with Crippen molar-refractivity contribution in [2.75, 3.05) is 5.32 Å². The monoisotopic (exact) mass is 227 g/mol. The Morgan fingerprint density at radius 3 is 2.94 bits per heavy atom. The van der Waals surface area contributed by atoms with Crippen molar-refractivity contribution in [2.45, 2.75) is 19.3 Å². The highest BCUT2D eigenvalue weighted by Crippen LogP contribution is 2.36. The van der Waals surface area contributed by atoms with Crippen molar-refractivity contribution >= 4 is 11.6 Å². The molecule has 0 radical (unpaired) electrons. The SMILES string of the molecule is Cc1cccc2c1NC(=O)[C@@H]2Cc1ccco1. The zero-order chi connectivity index (χ0) is 11.8. The third-order valence-corrected chi connectivity index (χ3v) is 3.23. The zero-order valence-electron chi connectivity index (χ0n) is 9.57. The molecule has 1 aliphatic rings. The average Bonchev–Trinajstić information content (AvgIpc) is 2.91. The Hall–Kier alpha value is -2.03. The van der Waals surface area contributed by atoms with Crippen molar-refractivity contribution in [3.8, 4) is 0 Å². The quantitative estimate of drug-likeness (QED) is 0.857. The van der Waals surface area contributed by atoms with Gasteiger partial charge in [0.1, 0.15) is 5.76 Å². The van der Waals surface area contributed by atoms with Crippen molar-refractivity contribution in [3.05, 3.63) is 53.5 Å². The van der Waals surface area contributed by atoms with Crippen LogP contribution in [0, 0.1) is 6.92 Å². The molecule has 2 aromatic rings. The second-order valence-corrected chi connectivity index (χ2v) is 4.36. The largest absolute Gasteiger partial charge is 0.469 e. The van der Waals surface area contributed by atoms with Crippen LogP contribution in [0.4, 0.5) is 5.69 Å². The number of carbonyl (C=O) groups is 1. The van der Waals surface area contributed by atoms with E-state index >= 15 is 0 Å². The summed E-state index contributed by atoms with van der Waals surface area (Å²) >= 11 is 0. The van der Waals surface area contributed by atoms with Gasteiger partial charge in [0.05, 0.1) is 12.2 Å². The molecular formula is C14H13NO2. The van der Waals surface area contributed by atoms with E-state index in [2.05, 4.69) is 5.32 Å². The number of hydrogen-bond acceptors (Lipinski definition) is 2. The fraction of sp³-hybridized carbons (Fsp3) is 0.214. The molecule has 1 aromatic carbocycles. The highest BCUT2D eigenvalue weighted by atomic mass is 16.3. The summed E-state index contributed by atoms with van der Waals surface area (Å²) in [5.74, 6) is 0.779. The van der Waals surface area contributed by atoms with Gasteiger partial charge in [-0.05, 0) is 30.2 Å². The van der Waals surface area contributed by atoms with E-state index in [1.165, 1.54) is 0 Å². The number of rotatable bonds is 2. The molecule has 17 heavy (non-hydrogen) atoms. The lowest BCUT2D eigenvalue weighted by atomic mass is 9.95. The van der Waals surface area contributed by atoms with E-state index in [1.54, 1.807) is 6.26 Å². The lowest BCUT2D eigenvalue weighted by Crippen LogP contribution is -2.14. The average molecular weight is 227 g/mol. The first-order valence-corrected chi connectivity index (χ1v) is 5.68. The van der Waals surface area contributed by atoms with Gasteiger partial charge in [-0.25, -0.2) is 0 Å². The summed E-state index contributed by atoms with van der Waals surface area (Å²) in [6.07, 6.45) is 2.26. The normalized spacial score (nSPS) is 17.9. The van der Waals surface area contributed by atoms with Crippen LogP contribution in [0.15, 0.2) is 41.0 Å². The van der Waals surface area contributed by atoms with Crippen LogP contribution < -0.4 is 5.32 Å². The number of hydrogen-bond donors (Lipinski definition) is 1. The van der Waals surface area contributed by atoms with Crippen LogP contribution >= 0.6 is 0 Å². The van der Waals surface area contributed by atoms with E-state index in [-0.39, 0.29) is 11.8 Å². The van der Waals surface area contributed by atoms with Crippen molar-refractivity contribution < 1.29 is 9.21 Å². The first-order valence-electron chi connectivity index (χ1n) is 5.68. The molecule has 1 N–H and O–H groups in total. The number of anilines is 1. The van der Waals surface area contributed by atoms with Gasteiger partial charge in [-0.2, -0.15) is 0 Å². The van der Waals surface area contributed by atoms with E-state index < -0.39 is 0 Å². The summed E-state index contributed by atoms with van der Waals surface area (Å²) in [4.78, 5) is 12.0. The maximum Gasteiger partial charge on any atom is 0.232 e. The van der Waals surface area contributed by atoms with Gasteiger partial charge in [-0.1, -0.05) is 18.2 Å². The summed E-state index contributed by atoms with van der Waals surface area (Å²) in [5.41, 5.74) is 3.15. The molecule has 0 fully saturated rings. The predicted molar refractivity (Wildman–Crippen MR) is 65.0 cm³/mol. The summed E-state index contributed by atoms with van der Waals surface area (Å²) < 4.78 is 5.31. The number of carbonyl (C=O) groups excluding carboxylic acids is 1. The molecule has 0 bridgehead atoms. The third-order valence-electron chi connectivity index (χ3n) is 3.23. The first-order chi connectivity index (χ1) is 8.25. The van der Waals surface area contributed by atoms with Gasteiger partial charge < -0.3 is 9.73 Å². The van der Waals surface area contributed by atoms with E-state index in [0.29, 0.717) is 6.42 Å². The fourth-order valence-corrected chi connectivity index (χ4v) is 2.34. The fourth-order valence-electron chi connectivity index (χ4n) is 2.34. The van der Waals surface area contributed by atoms with Gasteiger partial charge in [0.2, 0.25) is 5.91 Å². The van der Waals surface area contributed by atoms with E-state index in [1.807, 2.05) is 37.3 Å². The summed E-state index contributed by atoms with van der Waals surface area (Å²) in [6.45, 7) is 2.01. The number of furan rings is 1. The van der Waals surface area contributed by atoms with Crippen molar-refractivity contribution in [1.82, 2.24) is 0 Å². The number of para-hydroxylation sites is 1. The predicted octanol–water partition coefficient (Wildman–Crippen LogP) is 2.87. The Balaban J connectivity index is 1.97. The summed E-state index contributed by atoms with van der Waals surface area (Å²) in [6, 6.07) is 9.76. The maximum atomic E-state index is 12.0. The minimum atomic E-state index is -0.129. The molecule has 3 rings (SSSR count).